The first kappa shape index (κ1) is 12.9. The topological polar surface area (TPSA) is 55.9 Å². The highest BCUT2D eigenvalue weighted by molar-refractivity contribution is 6.31. The summed E-state index contributed by atoms with van der Waals surface area (Å²) in [6.45, 7) is 4.20. The number of nitrogens with two attached hydrogens (primary N) is 1. The van der Waals surface area contributed by atoms with E-state index in [0.717, 1.165) is 18.0 Å². The van der Waals surface area contributed by atoms with E-state index in [1.165, 1.54) is 19.3 Å². The number of rotatable bonds is 5. The number of aromatic nitrogens is 2. The first-order valence-electron chi connectivity index (χ1n) is 6.32. The van der Waals surface area contributed by atoms with Gasteiger partial charge in [-0.2, -0.15) is 5.10 Å². The lowest BCUT2D eigenvalue weighted by Gasteiger charge is -2.30. The van der Waals surface area contributed by atoms with Crippen molar-refractivity contribution in [1.82, 2.24) is 15.2 Å². The second-order valence-electron chi connectivity index (χ2n) is 5.17. The molecule has 0 saturated heterocycles. The van der Waals surface area contributed by atoms with E-state index >= 15 is 0 Å². The highest BCUT2D eigenvalue weighted by Crippen LogP contribution is 2.36. The summed E-state index contributed by atoms with van der Waals surface area (Å²) < 4.78 is 1.96. The van der Waals surface area contributed by atoms with E-state index in [1.807, 2.05) is 4.68 Å². The van der Waals surface area contributed by atoms with Crippen molar-refractivity contribution in [2.75, 3.05) is 0 Å². The van der Waals surface area contributed by atoms with Crippen LogP contribution < -0.4 is 11.3 Å². The zero-order valence-corrected chi connectivity index (χ0v) is 11.2. The van der Waals surface area contributed by atoms with E-state index in [4.69, 9.17) is 17.4 Å². The molecule has 1 fully saturated rings. The van der Waals surface area contributed by atoms with Crippen LogP contribution in [-0.4, -0.2) is 9.78 Å². The molecule has 1 atom stereocenters. The number of nitrogens with zero attached hydrogens (tertiary/aromatic N) is 2. The predicted molar refractivity (Wildman–Crippen MR) is 69.6 cm³/mol. The van der Waals surface area contributed by atoms with Crippen molar-refractivity contribution < 1.29 is 0 Å². The summed E-state index contributed by atoms with van der Waals surface area (Å²) in [4.78, 5) is 0. The van der Waals surface area contributed by atoms with Gasteiger partial charge < -0.3 is 0 Å². The van der Waals surface area contributed by atoms with E-state index in [1.54, 1.807) is 6.20 Å². The van der Waals surface area contributed by atoms with Crippen LogP contribution in [0.4, 0.5) is 0 Å². The van der Waals surface area contributed by atoms with E-state index in [9.17, 15) is 0 Å². The summed E-state index contributed by atoms with van der Waals surface area (Å²) in [6.07, 6.45) is 6.73. The summed E-state index contributed by atoms with van der Waals surface area (Å²) in [5, 5.41) is 5.03. The molecule has 0 amide bonds. The Balaban J connectivity index is 2.19. The van der Waals surface area contributed by atoms with Crippen LogP contribution in [0.2, 0.25) is 5.02 Å². The van der Waals surface area contributed by atoms with Crippen LogP contribution in [0.25, 0.3) is 0 Å². The van der Waals surface area contributed by atoms with Crippen molar-refractivity contribution in [3.63, 3.8) is 0 Å². The van der Waals surface area contributed by atoms with Gasteiger partial charge in [-0.25, -0.2) is 0 Å². The third-order valence-corrected chi connectivity index (χ3v) is 3.89. The van der Waals surface area contributed by atoms with Gasteiger partial charge in [-0.05, 0) is 26.2 Å². The van der Waals surface area contributed by atoms with Crippen LogP contribution >= 0.6 is 11.6 Å². The van der Waals surface area contributed by atoms with Gasteiger partial charge in [0.15, 0.2) is 0 Å². The molecular weight excluding hydrogens is 236 g/mol. The molecule has 2 rings (SSSR count). The molecule has 1 unspecified atom stereocenters. The van der Waals surface area contributed by atoms with E-state index in [-0.39, 0.29) is 6.04 Å². The van der Waals surface area contributed by atoms with Gasteiger partial charge in [0.05, 0.1) is 23.0 Å². The lowest BCUT2D eigenvalue weighted by molar-refractivity contribution is 0.255. The standard InChI is InChI=1S/C12H21ClN4/c1-8(2)17-12(10(13)7-15-17)11(16-14)6-9-4-3-5-9/h7-9,11,16H,3-6,14H2,1-2H3. The van der Waals surface area contributed by atoms with E-state index < -0.39 is 0 Å². The second-order valence-corrected chi connectivity index (χ2v) is 5.58. The minimum atomic E-state index is 0.109. The first-order chi connectivity index (χ1) is 8.13. The summed E-state index contributed by atoms with van der Waals surface area (Å²) >= 11 is 6.23. The average Bonchev–Trinajstić information content (AvgIpc) is 2.60. The molecule has 1 heterocycles. The van der Waals surface area contributed by atoms with Crippen LogP contribution in [0.5, 0.6) is 0 Å². The maximum Gasteiger partial charge on any atom is 0.0834 e. The molecule has 0 bridgehead atoms. The molecule has 1 saturated carbocycles. The summed E-state index contributed by atoms with van der Waals surface area (Å²) in [6, 6.07) is 0.410. The minimum Gasteiger partial charge on any atom is -0.271 e. The predicted octanol–water partition coefficient (Wildman–Crippen LogP) is 2.81. The maximum atomic E-state index is 6.23. The molecule has 96 valence electrons. The molecule has 1 aliphatic carbocycles. The SMILES string of the molecule is CC(C)n1ncc(Cl)c1C(CC1CCC1)NN. The molecule has 0 radical (unpaired) electrons. The van der Waals surface area contributed by atoms with Crippen molar-refractivity contribution in [2.24, 2.45) is 11.8 Å². The number of hydrogen-bond acceptors (Lipinski definition) is 3. The third-order valence-electron chi connectivity index (χ3n) is 3.60. The minimum absolute atomic E-state index is 0.109. The lowest BCUT2D eigenvalue weighted by atomic mass is 9.80. The van der Waals surface area contributed by atoms with E-state index in [2.05, 4.69) is 24.4 Å². The molecular formula is C12H21ClN4. The first-order valence-corrected chi connectivity index (χ1v) is 6.70. The third kappa shape index (κ3) is 2.64. The largest absolute Gasteiger partial charge is 0.271 e. The van der Waals surface area contributed by atoms with Gasteiger partial charge in [-0.3, -0.25) is 16.0 Å². The van der Waals surface area contributed by atoms with Crippen molar-refractivity contribution in [2.45, 2.75) is 51.6 Å². The lowest BCUT2D eigenvalue weighted by Crippen LogP contribution is -2.33. The van der Waals surface area contributed by atoms with Crippen LogP contribution in [-0.2, 0) is 0 Å². The van der Waals surface area contributed by atoms with Gasteiger partial charge in [0.25, 0.3) is 0 Å². The van der Waals surface area contributed by atoms with Gasteiger partial charge in [0.1, 0.15) is 0 Å². The van der Waals surface area contributed by atoms with Crippen molar-refractivity contribution >= 4 is 11.6 Å². The van der Waals surface area contributed by atoms with E-state index in [0.29, 0.717) is 11.1 Å². The zero-order chi connectivity index (χ0) is 12.4. The normalized spacial score (nSPS) is 18.4. The molecule has 4 nitrogen and oxygen atoms in total. The molecule has 5 heteroatoms. The average molecular weight is 257 g/mol. The fourth-order valence-corrected chi connectivity index (χ4v) is 2.67. The molecule has 1 aliphatic rings. The fourth-order valence-electron chi connectivity index (χ4n) is 2.41. The van der Waals surface area contributed by atoms with Crippen LogP contribution in [0, 0.1) is 5.92 Å². The molecule has 17 heavy (non-hydrogen) atoms. The van der Waals surface area contributed by atoms with Gasteiger partial charge in [0.2, 0.25) is 0 Å². The van der Waals surface area contributed by atoms with Crippen molar-refractivity contribution in [3.05, 3.63) is 16.9 Å². The Morgan fingerprint density at radius 2 is 2.29 bits per heavy atom. The van der Waals surface area contributed by atoms with Gasteiger partial charge >= 0.3 is 0 Å². The molecule has 0 aliphatic heterocycles. The highest BCUT2D eigenvalue weighted by atomic mass is 35.5. The summed E-state index contributed by atoms with van der Waals surface area (Å²) in [5.74, 6) is 6.46. The smallest absolute Gasteiger partial charge is 0.0834 e. The molecule has 1 aromatic rings. The Hall–Kier alpha value is -0.580. The summed E-state index contributed by atoms with van der Waals surface area (Å²) in [7, 11) is 0. The Labute approximate surface area is 107 Å². The Morgan fingerprint density at radius 1 is 1.59 bits per heavy atom. The Bertz CT molecular complexity index is 371. The van der Waals surface area contributed by atoms with Gasteiger partial charge in [-0.15, -0.1) is 0 Å². The highest BCUT2D eigenvalue weighted by Gasteiger charge is 2.26. The molecule has 1 aromatic heterocycles. The number of hydrazine groups is 1. The second kappa shape index (κ2) is 5.38. The quantitative estimate of drug-likeness (QED) is 0.629. The Kier molecular flexibility index (Phi) is 4.07. The number of nitrogens with one attached hydrogen (secondary N) is 1. The fraction of sp³-hybridized carbons (Fsp3) is 0.750. The molecule has 3 N–H and O–H groups in total. The molecule has 0 aromatic carbocycles. The molecule has 0 spiro atoms. The maximum absolute atomic E-state index is 6.23. The van der Waals surface area contributed by atoms with Crippen LogP contribution in [0.15, 0.2) is 6.20 Å². The van der Waals surface area contributed by atoms with Gasteiger partial charge in [-0.1, -0.05) is 30.9 Å². The number of hydrogen-bond donors (Lipinski definition) is 2. The summed E-state index contributed by atoms with van der Waals surface area (Å²) in [5.41, 5.74) is 3.92. The Morgan fingerprint density at radius 3 is 2.76 bits per heavy atom. The van der Waals surface area contributed by atoms with Crippen LogP contribution in [0.3, 0.4) is 0 Å². The van der Waals surface area contributed by atoms with Crippen molar-refractivity contribution in [1.29, 1.82) is 0 Å². The van der Waals surface area contributed by atoms with Crippen molar-refractivity contribution in [3.8, 4) is 0 Å². The van der Waals surface area contributed by atoms with Crippen LogP contribution in [0.1, 0.15) is 57.3 Å². The zero-order valence-electron chi connectivity index (χ0n) is 10.5. The number of halogens is 1. The monoisotopic (exact) mass is 256 g/mol. The van der Waals surface area contributed by atoms with Gasteiger partial charge in [0, 0.05) is 6.04 Å².